The smallest absolute Gasteiger partial charge is 0.335 e. The summed E-state index contributed by atoms with van der Waals surface area (Å²) >= 11 is 6.10. The van der Waals surface area contributed by atoms with Crippen molar-refractivity contribution in [1.29, 1.82) is 0 Å². The lowest BCUT2D eigenvalue weighted by Crippen LogP contribution is -2.15. The zero-order chi connectivity index (χ0) is 30.0. The number of carboxylic acid groups (broad SMARTS) is 1. The minimum atomic E-state index is -1.01. The number of hydrogen-bond acceptors (Lipinski definition) is 2. The summed E-state index contributed by atoms with van der Waals surface area (Å²) in [5.74, 6) is -1.52. The monoisotopic (exact) mass is 577 g/mol. The average molecular weight is 578 g/mol. The van der Waals surface area contributed by atoms with Crippen LogP contribution in [0.5, 0.6) is 0 Å². The Bertz CT molecular complexity index is 1680. The summed E-state index contributed by atoms with van der Waals surface area (Å²) in [5, 5.41) is 13.6. The maximum Gasteiger partial charge on any atom is 0.335 e. The molecule has 4 nitrogen and oxygen atoms in total. The molecule has 0 aliphatic heterocycles. The lowest BCUT2D eigenvalue weighted by Gasteiger charge is -2.29. The number of amides is 1. The Hall–Kier alpha value is -4.15. The van der Waals surface area contributed by atoms with Crippen LogP contribution >= 0.6 is 11.6 Å². The number of aromatic carboxylic acids is 1. The molecule has 5 rings (SSSR count). The predicted octanol–water partition coefficient (Wildman–Crippen LogP) is 10.0. The van der Waals surface area contributed by atoms with E-state index in [1.54, 1.807) is 12.1 Å². The van der Waals surface area contributed by atoms with Crippen LogP contribution in [0.2, 0.25) is 5.02 Å². The first-order chi connectivity index (χ1) is 20.0. The number of nitrogens with one attached hydrogen (secondary N) is 1. The van der Waals surface area contributed by atoms with Gasteiger partial charge in [0.05, 0.1) is 5.56 Å². The number of halogens is 1. The Labute approximate surface area is 253 Å². The van der Waals surface area contributed by atoms with E-state index in [4.69, 9.17) is 11.6 Å². The summed E-state index contributed by atoms with van der Waals surface area (Å²) in [4.78, 5) is 25.5. The number of carbonyl (C=O) groups is 2. The third-order valence-corrected chi connectivity index (χ3v) is 8.62. The molecule has 4 aromatic carbocycles. The molecule has 0 aromatic heterocycles. The van der Waals surface area contributed by atoms with Gasteiger partial charge in [0.15, 0.2) is 0 Å². The van der Waals surface area contributed by atoms with Crippen molar-refractivity contribution >= 4 is 34.7 Å². The summed E-state index contributed by atoms with van der Waals surface area (Å²) in [6, 6.07) is 26.6. The quantitative estimate of drug-likeness (QED) is 0.230. The van der Waals surface area contributed by atoms with E-state index in [2.05, 4.69) is 37.4 Å². The standard InChI is InChI=1S/C37H36ClNO3/c1-23-20-30(38)11-15-32(23)26-8-12-31(13-9-26)39-35(40)29-10-14-33(36(41)42)34(22-29)24(2)27-6-5-7-28(21-27)25-16-18-37(3,4)19-17-25/h5-16,20-22,24H,17-19H2,1-4H3,(H,39,40)(H,41,42). The molecule has 2 N–H and O–H groups in total. The van der Waals surface area contributed by atoms with Crippen molar-refractivity contribution < 1.29 is 14.7 Å². The van der Waals surface area contributed by atoms with Crippen molar-refractivity contribution in [3.8, 4) is 11.1 Å². The van der Waals surface area contributed by atoms with Crippen molar-refractivity contribution in [2.75, 3.05) is 5.32 Å². The lowest BCUT2D eigenvalue weighted by atomic mass is 9.76. The van der Waals surface area contributed by atoms with Gasteiger partial charge < -0.3 is 10.4 Å². The highest BCUT2D eigenvalue weighted by atomic mass is 35.5. The highest BCUT2D eigenvalue weighted by Gasteiger charge is 2.23. The first-order valence-corrected chi connectivity index (χ1v) is 14.7. The molecule has 1 aliphatic rings. The van der Waals surface area contributed by atoms with Gasteiger partial charge in [-0.25, -0.2) is 4.79 Å². The van der Waals surface area contributed by atoms with Crippen LogP contribution in [0.15, 0.2) is 91.0 Å². The van der Waals surface area contributed by atoms with Crippen LogP contribution in [0.3, 0.4) is 0 Å². The second kappa shape index (κ2) is 12.0. The first-order valence-electron chi connectivity index (χ1n) is 14.4. The fourth-order valence-electron chi connectivity index (χ4n) is 5.67. The lowest BCUT2D eigenvalue weighted by molar-refractivity contribution is 0.0695. The van der Waals surface area contributed by atoms with E-state index in [-0.39, 0.29) is 17.4 Å². The SMILES string of the molecule is Cc1cc(Cl)ccc1-c1ccc(NC(=O)c2ccc(C(=O)O)c(C(C)c3cccc(C4=CCC(C)(C)CC4)c3)c2)cc1. The third kappa shape index (κ3) is 6.50. The summed E-state index contributed by atoms with van der Waals surface area (Å²) < 4.78 is 0. The second-order valence-corrected chi connectivity index (χ2v) is 12.5. The van der Waals surface area contributed by atoms with Gasteiger partial charge in [0.25, 0.3) is 5.91 Å². The molecule has 0 radical (unpaired) electrons. The van der Waals surface area contributed by atoms with Gasteiger partial charge in [0.1, 0.15) is 0 Å². The average Bonchev–Trinajstić information content (AvgIpc) is 2.97. The number of hydrogen-bond donors (Lipinski definition) is 2. The van der Waals surface area contributed by atoms with Crippen molar-refractivity contribution in [1.82, 2.24) is 0 Å². The van der Waals surface area contributed by atoms with Gasteiger partial charge >= 0.3 is 5.97 Å². The van der Waals surface area contributed by atoms with Gasteiger partial charge in [-0.3, -0.25) is 4.79 Å². The molecule has 1 amide bonds. The van der Waals surface area contributed by atoms with E-state index in [0.717, 1.165) is 41.5 Å². The number of benzene rings is 4. The highest BCUT2D eigenvalue weighted by Crippen LogP contribution is 2.39. The van der Waals surface area contributed by atoms with Crippen LogP contribution in [0.1, 0.15) is 88.9 Å². The largest absolute Gasteiger partial charge is 0.478 e. The molecule has 42 heavy (non-hydrogen) atoms. The van der Waals surface area contributed by atoms with Gasteiger partial charge in [-0.15, -0.1) is 0 Å². The van der Waals surface area contributed by atoms with Crippen LogP contribution in [-0.2, 0) is 0 Å². The zero-order valence-corrected chi connectivity index (χ0v) is 25.3. The number of anilines is 1. The van der Waals surface area contributed by atoms with E-state index in [1.165, 1.54) is 17.2 Å². The summed E-state index contributed by atoms with van der Waals surface area (Å²) in [5.41, 5.74) is 8.92. The summed E-state index contributed by atoms with van der Waals surface area (Å²) in [6.45, 7) is 8.61. The molecule has 0 spiro atoms. The van der Waals surface area contributed by atoms with Crippen LogP contribution in [0.25, 0.3) is 16.7 Å². The van der Waals surface area contributed by atoms with Crippen molar-refractivity contribution in [3.05, 3.63) is 129 Å². The van der Waals surface area contributed by atoms with Crippen molar-refractivity contribution in [2.24, 2.45) is 5.41 Å². The molecule has 0 saturated heterocycles. The molecule has 0 fully saturated rings. The molecular weight excluding hydrogens is 542 g/mol. The predicted molar refractivity (Wildman–Crippen MR) is 173 cm³/mol. The first kappa shape index (κ1) is 29.3. The molecule has 1 unspecified atom stereocenters. The molecule has 4 aromatic rings. The van der Waals surface area contributed by atoms with E-state index in [1.807, 2.05) is 68.4 Å². The minimum absolute atomic E-state index is 0.200. The maximum absolute atomic E-state index is 13.3. The Morgan fingerprint density at radius 2 is 1.69 bits per heavy atom. The number of carbonyl (C=O) groups excluding carboxylic acids is 1. The van der Waals surface area contributed by atoms with Gasteiger partial charge in [0.2, 0.25) is 0 Å². The molecule has 0 bridgehead atoms. The van der Waals surface area contributed by atoms with E-state index < -0.39 is 5.97 Å². The van der Waals surface area contributed by atoms with Crippen molar-refractivity contribution in [3.63, 3.8) is 0 Å². The molecular formula is C37H36ClNO3. The Balaban J connectivity index is 1.38. The highest BCUT2D eigenvalue weighted by molar-refractivity contribution is 6.30. The second-order valence-electron chi connectivity index (χ2n) is 12.0. The molecule has 214 valence electrons. The Morgan fingerprint density at radius 3 is 2.36 bits per heavy atom. The van der Waals surface area contributed by atoms with Gasteiger partial charge in [0, 0.05) is 22.2 Å². The number of carboxylic acids is 1. The number of aryl methyl sites for hydroxylation is 1. The summed E-state index contributed by atoms with van der Waals surface area (Å²) in [6.07, 6.45) is 5.56. The van der Waals surface area contributed by atoms with Crippen LogP contribution in [0, 0.1) is 12.3 Å². The fraction of sp³-hybridized carbons (Fsp3) is 0.243. The normalized spacial score (nSPS) is 15.0. The Kier molecular flexibility index (Phi) is 8.38. The fourth-order valence-corrected chi connectivity index (χ4v) is 5.90. The molecule has 1 atom stereocenters. The number of rotatable bonds is 7. The van der Waals surface area contributed by atoms with Crippen LogP contribution in [0.4, 0.5) is 5.69 Å². The zero-order valence-electron chi connectivity index (χ0n) is 24.5. The number of allylic oxidation sites excluding steroid dienone is 2. The minimum Gasteiger partial charge on any atom is -0.478 e. The molecule has 0 saturated carbocycles. The van der Waals surface area contributed by atoms with Crippen molar-refractivity contribution in [2.45, 2.75) is 52.9 Å². The van der Waals surface area contributed by atoms with E-state index in [0.29, 0.717) is 27.3 Å². The summed E-state index contributed by atoms with van der Waals surface area (Å²) in [7, 11) is 0. The van der Waals surface area contributed by atoms with Gasteiger partial charge in [-0.2, -0.15) is 0 Å². The van der Waals surface area contributed by atoms with Gasteiger partial charge in [-0.05, 0) is 113 Å². The maximum atomic E-state index is 13.3. The van der Waals surface area contributed by atoms with Crippen LogP contribution in [-0.4, -0.2) is 17.0 Å². The van der Waals surface area contributed by atoms with E-state index in [9.17, 15) is 14.7 Å². The van der Waals surface area contributed by atoms with Gasteiger partial charge in [-0.1, -0.05) is 80.9 Å². The Morgan fingerprint density at radius 1 is 0.929 bits per heavy atom. The molecule has 5 heteroatoms. The third-order valence-electron chi connectivity index (χ3n) is 8.38. The molecule has 1 aliphatic carbocycles. The molecule has 0 heterocycles. The van der Waals surface area contributed by atoms with Crippen LogP contribution < -0.4 is 5.32 Å². The topological polar surface area (TPSA) is 66.4 Å². The van der Waals surface area contributed by atoms with E-state index >= 15 is 0 Å².